The highest BCUT2D eigenvalue weighted by atomic mass is 16.5. The Morgan fingerprint density at radius 2 is 1.95 bits per heavy atom. The number of aliphatic hydroxyl groups excluding tert-OH is 1. The van der Waals surface area contributed by atoms with Crippen LogP contribution in [0.4, 0.5) is 0 Å². The van der Waals surface area contributed by atoms with Crippen LogP contribution in [0.2, 0.25) is 0 Å². The molecule has 2 aromatic rings. The molecule has 1 aromatic heterocycles. The zero-order chi connectivity index (χ0) is 14.7. The number of nitrogens with one attached hydrogen (secondary N) is 1. The molecule has 1 amide bonds. The molecule has 0 saturated heterocycles. The van der Waals surface area contributed by atoms with Crippen molar-refractivity contribution >= 4 is 5.91 Å². The lowest BCUT2D eigenvalue weighted by Gasteiger charge is -2.12. The summed E-state index contributed by atoms with van der Waals surface area (Å²) >= 11 is 0. The monoisotopic (exact) mass is 275 g/mol. The van der Waals surface area contributed by atoms with Crippen LogP contribution in [0.1, 0.15) is 39.2 Å². The number of rotatable bonds is 4. The Kier molecular flexibility index (Phi) is 4.14. The molecule has 0 saturated carbocycles. The quantitative estimate of drug-likeness (QED) is 0.881. The summed E-state index contributed by atoms with van der Waals surface area (Å²) < 4.78 is 4.97. The topological polar surface area (TPSA) is 88.2 Å². The minimum absolute atomic E-state index is 0.197. The Morgan fingerprint density at radius 3 is 2.45 bits per heavy atom. The van der Waals surface area contributed by atoms with Crippen molar-refractivity contribution in [3.63, 3.8) is 0 Å². The predicted molar refractivity (Wildman–Crippen MR) is 72.2 cm³/mol. The maximum absolute atomic E-state index is 12.2. The van der Waals surface area contributed by atoms with Crippen LogP contribution in [0.5, 0.6) is 0 Å². The van der Waals surface area contributed by atoms with Gasteiger partial charge in [0.25, 0.3) is 11.8 Å². The van der Waals surface area contributed by atoms with Crippen LogP contribution >= 0.6 is 0 Å². The van der Waals surface area contributed by atoms with Gasteiger partial charge in [-0.3, -0.25) is 4.79 Å². The van der Waals surface area contributed by atoms with E-state index in [9.17, 15) is 9.90 Å². The smallest absolute Gasteiger partial charge is 0.252 e. The van der Waals surface area contributed by atoms with Crippen LogP contribution in [0, 0.1) is 20.8 Å². The van der Waals surface area contributed by atoms with Crippen molar-refractivity contribution < 1.29 is 14.4 Å². The van der Waals surface area contributed by atoms with Gasteiger partial charge in [-0.15, -0.1) is 0 Å². The van der Waals surface area contributed by atoms with Gasteiger partial charge in [-0.2, -0.15) is 4.98 Å². The molecular formula is C14H17N3O3. The highest BCUT2D eigenvalue weighted by Crippen LogP contribution is 2.13. The minimum Gasteiger partial charge on any atom is -0.394 e. The van der Waals surface area contributed by atoms with Crippen molar-refractivity contribution in [1.29, 1.82) is 0 Å². The van der Waals surface area contributed by atoms with Crippen molar-refractivity contribution in [2.45, 2.75) is 26.8 Å². The first-order valence-electron chi connectivity index (χ1n) is 6.30. The Bertz CT molecular complexity index is 602. The lowest BCUT2D eigenvalue weighted by atomic mass is 10.1. The number of carbonyl (C=O) groups is 1. The summed E-state index contributed by atoms with van der Waals surface area (Å²) in [5.41, 5.74) is 2.55. The lowest BCUT2D eigenvalue weighted by molar-refractivity contribution is 0.0901. The maximum atomic E-state index is 12.2. The molecule has 2 N–H and O–H groups in total. The molecule has 0 fully saturated rings. The van der Waals surface area contributed by atoms with E-state index in [0.29, 0.717) is 11.4 Å². The van der Waals surface area contributed by atoms with Gasteiger partial charge in [0, 0.05) is 5.56 Å². The van der Waals surface area contributed by atoms with Gasteiger partial charge >= 0.3 is 0 Å². The first-order valence-corrected chi connectivity index (χ1v) is 6.30. The standard InChI is InChI=1S/C14H17N3O3/c1-8-4-9(2)6-11(5-8)13(19)16-12(7-18)14-15-10(3)17-20-14/h4-6,12,18H,7H2,1-3H3,(H,16,19). The second-order valence-electron chi connectivity index (χ2n) is 4.76. The largest absolute Gasteiger partial charge is 0.394 e. The summed E-state index contributed by atoms with van der Waals surface area (Å²) in [6.07, 6.45) is 0. The van der Waals surface area contributed by atoms with Crippen LogP contribution in [-0.4, -0.2) is 27.8 Å². The molecule has 1 atom stereocenters. The maximum Gasteiger partial charge on any atom is 0.252 e. The summed E-state index contributed by atoms with van der Waals surface area (Å²) in [4.78, 5) is 16.2. The van der Waals surface area contributed by atoms with E-state index in [1.54, 1.807) is 19.1 Å². The highest BCUT2D eigenvalue weighted by Gasteiger charge is 2.20. The zero-order valence-electron chi connectivity index (χ0n) is 11.7. The third-order valence-corrected chi connectivity index (χ3v) is 2.81. The Morgan fingerprint density at radius 1 is 1.30 bits per heavy atom. The van der Waals surface area contributed by atoms with Gasteiger partial charge in [-0.25, -0.2) is 0 Å². The molecule has 0 spiro atoms. The molecule has 6 heteroatoms. The fraction of sp³-hybridized carbons (Fsp3) is 0.357. The second kappa shape index (κ2) is 5.83. The molecule has 0 bridgehead atoms. The molecule has 0 aliphatic carbocycles. The molecule has 20 heavy (non-hydrogen) atoms. The van der Waals surface area contributed by atoms with Crippen molar-refractivity contribution in [2.75, 3.05) is 6.61 Å². The first-order chi connectivity index (χ1) is 9.49. The summed E-state index contributed by atoms with van der Waals surface area (Å²) in [6, 6.07) is 4.86. The molecule has 0 aliphatic rings. The van der Waals surface area contributed by atoms with Crippen molar-refractivity contribution in [2.24, 2.45) is 0 Å². The number of aryl methyl sites for hydroxylation is 3. The van der Waals surface area contributed by atoms with Crippen LogP contribution in [0.3, 0.4) is 0 Å². The van der Waals surface area contributed by atoms with E-state index in [4.69, 9.17) is 4.52 Å². The molecule has 1 unspecified atom stereocenters. The van der Waals surface area contributed by atoms with Gasteiger partial charge in [0.1, 0.15) is 6.04 Å². The van der Waals surface area contributed by atoms with Crippen LogP contribution in [-0.2, 0) is 0 Å². The third kappa shape index (κ3) is 3.21. The van der Waals surface area contributed by atoms with E-state index < -0.39 is 6.04 Å². The number of benzene rings is 1. The van der Waals surface area contributed by atoms with Crippen LogP contribution in [0.15, 0.2) is 22.7 Å². The number of aromatic nitrogens is 2. The number of carbonyl (C=O) groups excluding carboxylic acids is 1. The van der Waals surface area contributed by atoms with E-state index in [0.717, 1.165) is 11.1 Å². The summed E-state index contributed by atoms with van der Waals surface area (Å²) in [7, 11) is 0. The third-order valence-electron chi connectivity index (χ3n) is 2.81. The SMILES string of the molecule is Cc1cc(C)cc(C(=O)NC(CO)c2nc(C)no2)c1. The molecule has 1 heterocycles. The number of nitrogens with zero attached hydrogens (tertiary/aromatic N) is 2. The molecule has 1 aromatic carbocycles. The number of aliphatic hydroxyl groups is 1. The van der Waals surface area contributed by atoms with Gasteiger partial charge in [-0.1, -0.05) is 22.3 Å². The molecule has 6 nitrogen and oxygen atoms in total. The van der Waals surface area contributed by atoms with E-state index in [2.05, 4.69) is 15.5 Å². The van der Waals surface area contributed by atoms with Crippen molar-refractivity contribution in [3.8, 4) is 0 Å². The van der Waals surface area contributed by atoms with Gasteiger partial charge < -0.3 is 14.9 Å². The molecular weight excluding hydrogens is 258 g/mol. The number of amides is 1. The summed E-state index contributed by atoms with van der Waals surface area (Å²) in [6.45, 7) is 5.22. The zero-order valence-corrected chi connectivity index (χ0v) is 11.7. The Balaban J connectivity index is 2.17. The van der Waals surface area contributed by atoms with Crippen molar-refractivity contribution in [3.05, 3.63) is 46.6 Å². The average molecular weight is 275 g/mol. The predicted octanol–water partition coefficient (Wildman–Crippen LogP) is 1.46. The van der Waals surface area contributed by atoms with E-state index in [-0.39, 0.29) is 18.4 Å². The van der Waals surface area contributed by atoms with Crippen LogP contribution < -0.4 is 5.32 Å². The Hall–Kier alpha value is -2.21. The normalized spacial score (nSPS) is 12.2. The van der Waals surface area contributed by atoms with Gasteiger partial charge in [-0.05, 0) is 32.9 Å². The Labute approximate surface area is 116 Å². The molecule has 0 radical (unpaired) electrons. The average Bonchev–Trinajstić information content (AvgIpc) is 2.81. The molecule has 2 rings (SSSR count). The van der Waals surface area contributed by atoms with E-state index in [1.807, 2.05) is 19.9 Å². The fourth-order valence-corrected chi connectivity index (χ4v) is 1.99. The molecule has 106 valence electrons. The minimum atomic E-state index is -0.704. The van der Waals surface area contributed by atoms with E-state index >= 15 is 0 Å². The summed E-state index contributed by atoms with van der Waals surface area (Å²) in [5.74, 6) is 0.369. The fourth-order valence-electron chi connectivity index (χ4n) is 1.99. The molecule has 0 aliphatic heterocycles. The second-order valence-corrected chi connectivity index (χ2v) is 4.76. The van der Waals surface area contributed by atoms with E-state index in [1.165, 1.54) is 0 Å². The van der Waals surface area contributed by atoms with Gasteiger partial charge in [0.2, 0.25) is 0 Å². The highest BCUT2D eigenvalue weighted by molar-refractivity contribution is 5.94. The first kappa shape index (κ1) is 14.2. The van der Waals surface area contributed by atoms with Gasteiger partial charge in [0.05, 0.1) is 6.61 Å². The number of hydrogen-bond acceptors (Lipinski definition) is 5. The lowest BCUT2D eigenvalue weighted by Crippen LogP contribution is -2.31. The van der Waals surface area contributed by atoms with Crippen molar-refractivity contribution in [1.82, 2.24) is 15.5 Å². The van der Waals surface area contributed by atoms with Crippen LogP contribution in [0.25, 0.3) is 0 Å². The summed E-state index contributed by atoms with van der Waals surface area (Å²) in [5, 5.41) is 15.7. The van der Waals surface area contributed by atoms with Gasteiger partial charge in [0.15, 0.2) is 5.82 Å². The number of hydrogen-bond donors (Lipinski definition) is 2.